The van der Waals surface area contributed by atoms with E-state index in [1.54, 1.807) is 6.07 Å². The lowest BCUT2D eigenvalue weighted by molar-refractivity contribution is -0.143. The van der Waals surface area contributed by atoms with Gasteiger partial charge in [0.1, 0.15) is 18.2 Å². The van der Waals surface area contributed by atoms with E-state index in [0.29, 0.717) is 37.2 Å². The van der Waals surface area contributed by atoms with Crippen molar-refractivity contribution in [2.24, 2.45) is 0 Å². The van der Waals surface area contributed by atoms with Crippen LogP contribution in [0, 0.1) is 5.82 Å². The van der Waals surface area contributed by atoms with Crippen molar-refractivity contribution in [3.05, 3.63) is 59.9 Å². The van der Waals surface area contributed by atoms with E-state index in [4.69, 9.17) is 16.3 Å². The summed E-state index contributed by atoms with van der Waals surface area (Å²) in [7, 11) is 0. The lowest BCUT2D eigenvalue weighted by Gasteiger charge is -2.33. The Balaban J connectivity index is 1.87. The molecule has 0 aliphatic carbocycles. The molecule has 1 fully saturated rings. The summed E-state index contributed by atoms with van der Waals surface area (Å²) in [5.74, 6) is -1.98. The number of benzene rings is 1. The number of amides is 2. The van der Waals surface area contributed by atoms with Crippen LogP contribution in [0.25, 0.3) is 0 Å². The van der Waals surface area contributed by atoms with Gasteiger partial charge in [-0.1, -0.05) is 23.7 Å². The third-order valence-electron chi connectivity index (χ3n) is 5.02. The average molecular weight is 453 g/mol. The Hall–Kier alpha value is -2.65. The second-order valence-corrected chi connectivity index (χ2v) is 7.57. The Morgan fingerprint density at radius 1 is 1.26 bits per heavy atom. The van der Waals surface area contributed by atoms with Gasteiger partial charge in [-0.25, -0.2) is 18.7 Å². The van der Waals surface area contributed by atoms with Gasteiger partial charge in [0, 0.05) is 43.8 Å². The lowest BCUT2D eigenvalue weighted by Crippen LogP contribution is -2.49. The van der Waals surface area contributed by atoms with Crippen LogP contribution in [0.2, 0.25) is 0 Å². The van der Waals surface area contributed by atoms with Gasteiger partial charge in [0.05, 0.1) is 0 Å². The van der Waals surface area contributed by atoms with Gasteiger partial charge in [0.15, 0.2) is 0 Å². The number of alkyl halides is 2. The number of hydrogen-bond donors (Lipinski definition) is 1. The van der Waals surface area contributed by atoms with Gasteiger partial charge in [-0.3, -0.25) is 9.59 Å². The summed E-state index contributed by atoms with van der Waals surface area (Å²) in [4.78, 5) is 34.8. The smallest absolute Gasteiger partial charge is 0.273 e. The topological polar surface area (TPSA) is 84.4 Å². The zero-order chi connectivity index (χ0) is 22.2. The minimum atomic E-state index is -2.34. The zero-order valence-electron chi connectivity index (χ0n) is 16.7. The van der Waals surface area contributed by atoms with Crippen LogP contribution >= 0.6 is 11.6 Å². The highest BCUT2D eigenvalue weighted by atomic mass is 35.5. The SMILES string of the molecule is O=C(NC1CCOCC1)[C@H](c1cncnc1)N(CCc1cccc(F)c1)C(=O)[C@H](F)Cl. The number of nitrogens with one attached hydrogen (secondary N) is 1. The molecule has 166 valence electrons. The van der Waals surface area contributed by atoms with E-state index in [9.17, 15) is 18.4 Å². The number of halogens is 3. The summed E-state index contributed by atoms with van der Waals surface area (Å²) in [5.41, 5.74) is -1.43. The Bertz CT molecular complexity index is 882. The molecule has 31 heavy (non-hydrogen) atoms. The molecule has 7 nitrogen and oxygen atoms in total. The van der Waals surface area contributed by atoms with Gasteiger partial charge in [0.2, 0.25) is 5.91 Å². The van der Waals surface area contributed by atoms with Crippen LogP contribution in [0.1, 0.15) is 30.0 Å². The highest BCUT2D eigenvalue weighted by molar-refractivity contribution is 6.29. The molecule has 0 bridgehead atoms. The summed E-state index contributed by atoms with van der Waals surface area (Å²) in [6.45, 7) is 0.969. The highest BCUT2D eigenvalue weighted by Crippen LogP contribution is 2.24. The summed E-state index contributed by atoms with van der Waals surface area (Å²) >= 11 is 5.46. The predicted octanol–water partition coefficient (Wildman–Crippen LogP) is 2.56. The van der Waals surface area contributed by atoms with Crippen molar-refractivity contribution in [1.29, 1.82) is 0 Å². The maximum Gasteiger partial charge on any atom is 0.273 e. The minimum absolute atomic E-state index is 0.0593. The summed E-state index contributed by atoms with van der Waals surface area (Å²) < 4.78 is 32.7. The molecule has 0 unspecified atom stereocenters. The van der Waals surface area contributed by atoms with Gasteiger partial charge >= 0.3 is 0 Å². The molecule has 1 aromatic heterocycles. The summed E-state index contributed by atoms with van der Waals surface area (Å²) in [6, 6.07) is 4.51. The Labute approximate surface area is 183 Å². The first-order chi connectivity index (χ1) is 15.0. The van der Waals surface area contributed by atoms with E-state index in [0.717, 1.165) is 4.90 Å². The van der Waals surface area contributed by atoms with Crippen LogP contribution in [0.3, 0.4) is 0 Å². The molecule has 3 rings (SSSR count). The molecule has 2 aromatic rings. The van der Waals surface area contributed by atoms with Crippen LogP contribution in [-0.2, 0) is 20.7 Å². The van der Waals surface area contributed by atoms with Gasteiger partial charge < -0.3 is 15.0 Å². The normalized spacial score (nSPS) is 16.4. The van der Waals surface area contributed by atoms with E-state index in [1.165, 1.54) is 36.9 Å². The van der Waals surface area contributed by atoms with Crippen molar-refractivity contribution in [3.63, 3.8) is 0 Å². The molecule has 1 aliphatic rings. The van der Waals surface area contributed by atoms with Crippen molar-refractivity contribution in [1.82, 2.24) is 20.2 Å². The molecule has 0 saturated carbocycles. The molecule has 1 aromatic carbocycles. The number of nitrogens with zero attached hydrogens (tertiary/aromatic N) is 3. The molecule has 1 aliphatic heterocycles. The number of carbonyl (C=O) groups excluding carboxylic acids is 2. The summed E-state index contributed by atoms with van der Waals surface area (Å²) in [5, 5.41) is 2.91. The molecule has 1 saturated heterocycles. The minimum Gasteiger partial charge on any atom is -0.381 e. The third kappa shape index (κ3) is 6.41. The van der Waals surface area contributed by atoms with Crippen LogP contribution < -0.4 is 5.32 Å². The molecule has 2 atom stereocenters. The van der Waals surface area contributed by atoms with Gasteiger partial charge in [-0.2, -0.15) is 0 Å². The number of rotatable bonds is 8. The molecular weight excluding hydrogens is 430 g/mol. The Morgan fingerprint density at radius 3 is 2.61 bits per heavy atom. The second kappa shape index (κ2) is 11.1. The fourth-order valence-electron chi connectivity index (χ4n) is 3.48. The number of carbonyl (C=O) groups is 2. The van der Waals surface area contributed by atoms with Crippen LogP contribution in [0.15, 0.2) is 43.0 Å². The molecule has 10 heteroatoms. The van der Waals surface area contributed by atoms with E-state index < -0.39 is 29.3 Å². The maximum atomic E-state index is 13.9. The zero-order valence-corrected chi connectivity index (χ0v) is 17.5. The third-order valence-corrected chi connectivity index (χ3v) is 5.21. The van der Waals surface area contributed by atoms with E-state index in [1.807, 2.05) is 0 Å². The quantitative estimate of drug-likeness (QED) is 0.622. The maximum absolute atomic E-state index is 13.9. The van der Waals surface area contributed by atoms with Gasteiger partial charge in [-0.15, -0.1) is 0 Å². The Kier molecular flexibility index (Phi) is 8.25. The number of aromatic nitrogens is 2. The monoisotopic (exact) mass is 452 g/mol. The van der Waals surface area contributed by atoms with Crippen molar-refractivity contribution < 1.29 is 23.1 Å². The van der Waals surface area contributed by atoms with Crippen molar-refractivity contribution in [3.8, 4) is 0 Å². The fourth-order valence-corrected chi connectivity index (χ4v) is 3.61. The van der Waals surface area contributed by atoms with Crippen LogP contribution in [0.5, 0.6) is 0 Å². The fraction of sp³-hybridized carbons (Fsp3) is 0.429. The van der Waals surface area contributed by atoms with Gasteiger partial charge in [-0.05, 0) is 37.0 Å². The first-order valence-corrected chi connectivity index (χ1v) is 10.4. The van der Waals surface area contributed by atoms with E-state index in [2.05, 4.69) is 15.3 Å². The molecule has 0 radical (unpaired) electrons. The second-order valence-electron chi connectivity index (χ2n) is 7.18. The number of ether oxygens (including phenoxy) is 1. The van der Waals surface area contributed by atoms with Crippen molar-refractivity contribution >= 4 is 23.4 Å². The first-order valence-electron chi connectivity index (χ1n) is 9.92. The van der Waals surface area contributed by atoms with E-state index >= 15 is 0 Å². The molecule has 2 heterocycles. The largest absolute Gasteiger partial charge is 0.381 e. The van der Waals surface area contributed by atoms with Crippen molar-refractivity contribution in [2.75, 3.05) is 19.8 Å². The molecule has 2 amide bonds. The van der Waals surface area contributed by atoms with Gasteiger partial charge in [0.25, 0.3) is 11.5 Å². The molecule has 1 N–H and O–H groups in total. The average Bonchev–Trinajstić information content (AvgIpc) is 2.77. The molecular formula is C21H23ClF2N4O3. The van der Waals surface area contributed by atoms with Crippen molar-refractivity contribution in [2.45, 2.75) is 37.0 Å². The standard InChI is InChI=1S/C21H23ClF2N4O3/c22-19(24)21(30)28(7-4-14-2-1-3-16(23)10-14)18(15-11-25-13-26-12-15)20(29)27-17-5-8-31-9-6-17/h1-3,10-13,17-19H,4-9H2,(H,27,29)/t18-,19-/m0/s1. The van der Waals surface area contributed by atoms with E-state index in [-0.39, 0.29) is 19.0 Å². The lowest BCUT2D eigenvalue weighted by atomic mass is 10.0. The summed E-state index contributed by atoms with van der Waals surface area (Å²) in [6.07, 6.45) is 5.53. The molecule has 0 spiro atoms. The first kappa shape index (κ1) is 23.0. The van der Waals surface area contributed by atoms with Crippen LogP contribution in [-0.4, -0.2) is 58.1 Å². The Morgan fingerprint density at radius 2 is 1.97 bits per heavy atom. The predicted molar refractivity (Wildman–Crippen MR) is 109 cm³/mol. The van der Waals surface area contributed by atoms with Crippen LogP contribution in [0.4, 0.5) is 8.78 Å². The highest BCUT2D eigenvalue weighted by Gasteiger charge is 2.35. The number of hydrogen-bond acceptors (Lipinski definition) is 5.